The topological polar surface area (TPSA) is 92.2 Å². The number of carbonyl (C=O) groups excluding carboxylic acids is 1. The van der Waals surface area contributed by atoms with Gasteiger partial charge in [0.05, 0.1) is 5.41 Å². The van der Waals surface area contributed by atoms with Gasteiger partial charge in [0.15, 0.2) is 0 Å². The van der Waals surface area contributed by atoms with Crippen LogP contribution in [0.5, 0.6) is 0 Å². The number of carboxylic acid groups (broad SMARTS) is 1. The summed E-state index contributed by atoms with van der Waals surface area (Å²) in [6.45, 7) is 2.91. The van der Waals surface area contributed by atoms with Crippen LogP contribution in [0, 0.1) is 5.41 Å². The highest BCUT2D eigenvalue weighted by molar-refractivity contribution is 6.32. The number of nitrogens with one attached hydrogen (secondary N) is 1. The fraction of sp³-hybridized carbons (Fsp3) is 0.400. The fourth-order valence-corrected chi connectivity index (χ4v) is 1.53. The summed E-state index contributed by atoms with van der Waals surface area (Å²) < 4.78 is 0. The Bertz CT molecular complexity index is 471. The minimum Gasteiger partial charge on any atom is -0.481 e. The van der Waals surface area contributed by atoms with Gasteiger partial charge in [-0.3, -0.25) is 9.59 Å². The molecule has 0 radical (unpaired) electrons. The summed E-state index contributed by atoms with van der Waals surface area (Å²) >= 11 is 11.2. The van der Waals surface area contributed by atoms with Gasteiger partial charge in [-0.1, -0.05) is 11.6 Å². The predicted octanol–water partition coefficient (Wildman–Crippen LogP) is 2.22. The molecule has 0 aliphatic rings. The van der Waals surface area contributed by atoms with Gasteiger partial charge < -0.3 is 10.4 Å². The first kappa shape index (κ1) is 14.7. The van der Waals surface area contributed by atoms with E-state index in [0.29, 0.717) is 0 Å². The molecule has 0 saturated heterocycles. The molecule has 0 aliphatic carbocycles. The van der Waals surface area contributed by atoms with Crippen LogP contribution in [0.15, 0.2) is 6.07 Å². The number of aromatic nitrogens is 2. The summed E-state index contributed by atoms with van der Waals surface area (Å²) in [5, 5.41) is 11.3. The van der Waals surface area contributed by atoms with E-state index in [4.69, 9.17) is 28.3 Å². The normalized spacial score (nSPS) is 11.1. The van der Waals surface area contributed by atoms with Crippen LogP contribution in [-0.2, 0) is 9.59 Å². The summed E-state index contributed by atoms with van der Waals surface area (Å²) in [6.07, 6.45) is -0.193. The molecular formula is C10H11Cl2N3O3. The van der Waals surface area contributed by atoms with Crippen molar-refractivity contribution in [2.45, 2.75) is 20.3 Å². The van der Waals surface area contributed by atoms with Crippen molar-refractivity contribution >= 4 is 40.9 Å². The molecule has 0 aliphatic heterocycles. The number of halogens is 2. The maximum atomic E-state index is 11.6. The zero-order chi connectivity index (χ0) is 13.9. The molecule has 1 aromatic heterocycles. The Morgan fingerprint density at radius 3 is 2.50 bits per heavy atom. The second kappa shape index (κ2) is 5.49. The Hall–Kier alpha value is -1.40. The molecule has 0 atom stereocenters. The van der Waals surface area contributed by atoms with Gasteiger partial charge in [-0.15, -0.1) is 0 Å². The lowest BCUT2D eigenvalue weighted by molar-refractivity contribution is -0.148. The molecule has 8 heteroatoms. The molecule has 0 saturated carbocycles. The number of carbonyl (C=O) groups is 2. The van der Waals surface area contributed by atoms with Gasteiger partial charge in [0.25, 0.3) is 0 Å². The molecule has 6 nitrogen and oxygen atoms in total. The van der Waals surface area contributed by atoms with E-state index in [0.717, 1.165) is 0 Å². The average Bonchev–Trinajstić information content (AvgIpc) is 2.13. The third kappa shape index (κ3) is 4.12. The number of rotatable bonds is 4. The lowest BCUT2D eigenvalue weighted by Gasteiger charge is -2.17. The van der Waals surface area contributed by atoms with Gasteiger partial charge in [0.1, 0.15) is 11.0 Å². The molecule has 2 N–H and O–H groups in total. The zero-order valence-electron chi connectivity index (χ0n) is 9.70. The Morgan fingerprint density at radius 2 is 2.00 bits per heavy atom. The van der Waals surface area contributed by atoms with Crippen molar-refractivity contribution in [1.82, 2.24) is 9.97 Å². The first-order valence-corrected chi connectivity index (χ1v) is 5.69. The summed E-state index contributed by atoms with van der Waals surface area (Å²) in [6, 6.07) is 1.32. The molecule has 98 valence electrons. The Labute approximate surface area is 113 Å². The summed E-state index contributed by atoms with van der Waals surface area (Å²) in [5.74, 6) is -1.42. The number of nitrogens with zero attached hydrogens (tertiary/aromatic N) is 2. The number of aliphatic carboxylic acids is 1. The molecule has 18 heavy (non-hydrogen) atoms. The second-order valence-corrected chi connectivity index (χ2v) is 4.98. The van der Waals surface area contributed by atoms with E-state index in [1.165, 1.54) is 19.9 Å². The third-order valence-electron chi connectivity index (χ3n) is 2.12. The predicted molar refractivity (Wildman–Crippen MR) is 66.7 cm³/mol. The van der Waals surface area contributed by atoms with E-state index >= 15 is 0 Å². The smallest absolute Gasteiger partial charge is 0.309 e. The highest BCUT2D eigenvalue weighted by Crippen LogP contribution is 2.21. The molecule has 1 rings (SSSR count). The summed E-state index contributed by atoms with van der Waals surface area (Å²) in [4.78, 5) is 29.9. The molecule has 1 amide bonds. The van der Waals surface area contributed by atoms with Gasteiger partial charge in [0, 0.05) is 12.5 Å². The Balaban J connectivity index is 2.73. The lowest BCUT2D eigenvalue weighted by atomic mass is 9.89. The number of anilines is 1. The van der Waals surface area contributed by atoms with E-state index < -0.39 is 17.3 Å². The molecular weight excluding hydrogens is 281 g/mol. The van der Waals surface area contributed by atoms with E-state index in [9.17, 15) is 9.59 Å². The van der Waals surface area contributed by atoms with Crippen molar-refractivity contribution in [2.24, 2.45) is 5.41 Å². The number of carboxylic acids is 1. The fourth-order valence-electron chi connectivity index (χ4n) is 1.12. The van der Waals surface area contributed by atoms with Crippen molar-refractivity contribution in [3.8, 4) is 0 Å². The van der Waals surface area contributed by atoms with Gasteiger partial charge in [-0.25, -0.2) is 9.97 Å². The van der Waals surface area contributed by atoms with Crippen LogP contribution in [0.1, 0.15) is 20.3 Å². The molecule has 0 unspecified atom stereocenters. The van der Waals surface area contributed by atoms with Crippen molar-refractivity contribution in [3.05, 3.63) is 16.5 Å². The van der Waals surface area contributed by atoms with Crippen LogP contribution in [-0.4, -0.2) is 27.0 Å². The minimum absolute atomic E-state index is 0.0859. The SMILES string of the molecule is CC(C)(CC(=O)Nc1cc(Cl)nc(Cl)n1)C(=O)O. The van der Waals surface area contributed by atoms with Gasteiger partial charge >= 0.3 is 5.97 Å². The van der Waals surface area contributed by atoms with Crippen molar-refractivity contribution in [2.75, 3.05) is 5.32 Å². The standard InChI is InChI=1S/C10H11Cl2N3O3/c1-10(2,8(17)18)4-7(16)14-6-3-5(11)13-9(12)15-6/h3H,4H2,1-2H3,(H,17,18)(H,13,14,15,16). The monoisotopic (exact) mass is 291 g/mol. The first-order valence-electron chi connectivity index (χ1n) is 4.94. The van der Waals surface area contributed by atoms with Crippen molar-refractivity contribution in [1.29, 1.82) is 0 Å². The third-order valence-corrected chi connectivity index (χ3v) is 2.48. The van der Waals surface area contributed by atoms with Crippen LogP contribution in [0.3, 0.4) is 0 Å². The van der Waals surface area contributed by atoms with Crippen LogP contribution in [0.2, 0.25) is 10.4 Å². The molecule has 1 heterocycles. The molecule has 0 fully saturated rings. The molecule has 0 spiro atoms. The van der Waals surface area contributed by atoms with E-state index in [1.807, 2.05) is 0 Å². The summed E-state index contributed by atoms with van der Waals surface area (Å²) in [7, 11) is 0. The van der Waals surface area contributed by atoms with Gasteiger partial charge in [-0.2, -0.15) is 0 Å². The average molecular weight is 292 g/mol. The summed E-state index contributed by atoms with van der Waals surface area (Å²) in [5.41, 5.74) is -1.16. The van der Waals surface area contributed by atoms with Crippen LogP contribution >= 0.6 is 23.2 Å². The maximum absolute atomic E-state index is 11.6. The number of amides is 1. The van der Waals surface area contributed by atoms with Crippen LogP contribution in [0.4, 0.5) is 5.82 Å². The molecule has 1 aromatic rings. The highest BCUT2D eigenvalue weighted by atomic mass is 35.5. The van der Waals surface area contributed by atoms with E-state index in [2.05, 4.69) is 15.3 Å². The quantitative estimate of drug-likeness (QED) is 0.655. The number of hydrogen-bond acceptors (Lipinski definition) is 4. The largest absolute Gasteiger partial charge is 0.481 e. The first-order chi connectivity index (χ1) is 8.20. The Kier molecular flexibility index (Phi) is 4.48. The van der Waals surface area contributed by atoms with Crippen molar-refractivity contribution < 1.29 is 14.7 Å². The lowest BCUT2D eigenvalue weighted by Crippen LogP contribution is -2.29. The van der Waals surface area contributed by atoms with E-state index in [1.54, 1.807) is 0 Å². The molecule has 0 bridgehead atoms. The molecule has 0 aromatic carbocycles. The minimum atomic E-state index is -1.16. The van der Waals surface area contributed by atoms with Crippen LogP contribution < -0.4 is 5.32 Å². The number of hydrogen-bond donors (Lipinski definition) is 2. The zero-order valence-corrected chi connectivity index (χ0v) is 11.2. The second-order valence-electron chi connectivity index (χ2n) is 4.26. The maximum Gasteiger partial charge on any atom is 0.309 e. The van der Waals surface area contributed by atoms with Gasteiger partial charge in [0.2, 0.25) is 11.2 Å². The van der Waals surface area contributed by atoms with Crippen LogP contribution in [0.25, 0.3) is 0 Å². The highest BCUT2D eigenvalue weighted by Gasteiger charge is 2.30. The van der Waals surface area contributed by atoms with E-state index in [-0.39, 0.29) is 22.7 Å². The Morgan fingerprint density at radius 1 is 1.39 bits per heavy atom. The van der Waals surface area contributed by atoms with Gasteiger partial charge in [-0.05, 0) is 25.4 Å². The van der Waals surface area contributed by atoms with Crippen molar-refractivity contribution in [3.63, 3.8) is 0 Å².